The molecule has 0 saturated carbocycles. The Balaban J connectivity index is 0.850. The van der Waals surface area contributed by atoms with E-state index in [-0.39, 0.29) is 73.7 Å². The summed E-state index contributed by atoms with van der Waals surface area (Å²) in [5, 5.41) is 38.3. The van der Waals surface area contributed by atoms with Gasteiger partial charge in [0.2, 0.25) is 23.4 Å². The predicted molar refractivity (Wildman–Crippen MR) is 311 cm³/mol. The summed E-state index contributed by atoms with van der Waals surface area (Å²) in [6, 6.07) is 33.5. The fourth-order valence-electron chi connectivity index (χ4n) is 10.8. The maximum Gasteiger partial charge on any atom is 0.407 e. The van der Waals surface area contributed by atoms with Gasteiger partial charge in [-0.1, -0.05) is 97.1 Å². The lowest BCUT2D eigenvalue weighted by atomic mass is 9.81. The molecule has 3 aliphatic rings. The fraction of sp³-hybridized carbons (Fsp3) is 0.312. The molecule has 6 aromatic carbocycles. The summed E-state index contributed by atoms with van der Waals surface area (Å²) in [5.74, 6) is -6.31. The maximum atomic E-state index is 14.4. The van der Waals surface area contributed by atoms with Crippen LogP contribution in [0, 0.1) is 0 Å². The Morgan fingerprint density at radius 3 is 1.10 bits per heavy atom. The van der Waals surface area contributed by atoms with Crippen LogP contribution in [0.15, 0.2) is 121 Å². The van der Waals surface area contributed by atoms with Crippen LogP contribution in [0.4, 0.5) is 21.0 Å². The van der Waals surface area contributed by atoms with Crippen LogP contribution in [-0.2, 0) is 38.1 Å². The van der Waals surface area contributed by atoms with Gasteiger partial charge in [0.1, 0.15) is 48.0 Å². The minimum absolute atomic E-state index is 0.0497. The Morgan fingerprint density at radius 2 is 0.774 bits per heavy atom. The number of anilines is 2. The van der Waals surface area contributed by atoms with E-state index in [0.29, 0.717) is 0 Å². The van der Waals surface area contributed by atoms with Crippen molar-refractivity contribution >= 4 is 58.9 Å². The summed E-state index contributed by atoms with van der Waals surface area (Å²) < 4.78 is 22.3. The molecule has 2 atom stereocenters. The van der Waals surface area contributed by atoms with Gasteiger partial charge in [-0.2, -0.15) is 0 Å². The lowest BCUT2D eigenvalue weighted by Crippen LogP contribution is -2.49. The number of carbonyl (C=O) groups is 8. The van der Waals surface area contributed by atoms with Crippen molar-refractivity contribution < 1.29 is 67.5 Å². The molecule has 20 nitrogen and oxygen atoms in total. The standard InChI is InChI=1S/C64H66N6O14/c1-63(2,3)83-51(73)31-47(69-61(79)81-33-43-39-19-11-7-15-35(39)36-16-8-12-20-40(36)43)59(77)67-29-27-65-45-23-24-46(54-53(45)57(75)55-49(71)25-26-50(72)56(55)58(54)76)66-28-30-68-60(78)48(32-52(74)84-64(4,5)6)70-62(80)82-34-44-41-21-13-9-17-37(41)38-18-10-14-22-42(38)44/h7-26,43-44,47-48,65-66,71-72H,27-34H2,1-6H3,(H,67,77)(H,68,78)(H,69,79)(H,70,80)/t47-,48-/m0/s1. The second-order valence-electron chi connectivity index (χ2n) is 22.5. The average Bonchev–Trinajstić information content (AvgIpc) is 1.74. The van der Waals surface area contributed by atoms with E-state index in [9.17, 15) is 48.6 Å². The number of fused-ring (bicyclic) bond motifs is 8. The summed E-state index contributed by atoms with van der Waals surface area (Å²) in [7, 11) is 0. The van der Waals surface area contributed by atoms with E-state index < -0.39 is 106 Å². The Bertz CT molecular complexity index is 3260. The molecule has 0 fully saturated rings. The van der Waals surface area contributed by atoms with Crippen LogP contribution >= 0.6 is 0 Å². The van der Waals surface area contributed by atoms with Crippen LogP contribution in [0.2, 0.25) is 0 Å². The SMILES string of the molecule is CC(C)(C)OC(=O)C[C@H](NC(=O)OCC1c2ccccc2-c2ccccc21)C(=O)NCCNc1ccc(NCCNC(=O)[C@H](CC(=O)OC(C)(C)C)NC(=O)OCC2c3ccccc3-c3ccccc32)c2c1C(=O)c1c(O)ccc(O)c1C2=O. The van der Waals surface area contributed by atoms with E-state index in [4.69, 9.17) is 18.9 Å². The first kappa shape index (κ1) is 58.9. The third-order valence-electron chi connectivity index (χ3n) is 14.2. The highest BCUT2D eigenvalue weighted by Gasteiger charge is 2.39. The Hall–Kier alpha value is -9.72. The quantitative estimate of drug-likeness (QED) is 0.0154. The number of aromatic hydroxyl groups is 2. The molecule has 3 aliphatic carbocycles. The molecule has 84 heavy (non-hydrogen) atoms. The number of ketones is 2. The Morgan fingerprint density at radius 1 is 0.452 bits per heavy atom. The Kier molecular flexibility index (Phi) is 17.4. The number of phenols is 2. The van der Waals surface area contributed by atoms with E-state index in [1.54, 1.807) is 41.5 Å². The van der Waals surface area contributed by atoms with E-state index in [1.165, 1.54) is 12.1 Å². The number of hydrogen-bond donors (Lipinski definition) is 8. The van der Waals surface area contributed by atoms with Crippen molar-refractivity contribution in [2.75, 3.05) is 50.0 Å². The molecule has 6 aromatic rings. The van der Waals surface area contributed by atoms with Crippen molar-refractivity contribution in [3.05, 3.63) is 166 Å². The van der Waals surface area contributed by atoms with Gasteiger partial charge in [-0.15, -0.1) is 0 Å². The van der Waals surface area contributed by atoms with Gasteiger partial charge in [-0.05, 0) is 110 Å². The van der Waals surface area contributed by atoms with Crippen molar-refractivity contribution in [1.29, 1.82) is 0 Å². The molecule has 9 rings (SSSR count). The first-order valence-electron chi connectivity index (χ1n) is 27.6. The van der Waals surface area contributed by atoms with Gasteiger partial charge in [0, 0.05) is 49.4 Å². The zero-order chi connectivity index (χ0) is 60.0. The summed E-state index contributed by atoms with van der Waals surface area (Å²) in [5.41, 5.74) is 5.21. The second-order valence-corrected chi connectivity index (χ2v) is 22.5. The van der Waals surface area contributed by atoms with Crippen molar-refractivity contribution in [3.63, 3.8) is 0 Å². The number of amides is 4. The molecule has 0 radical (unpaired) electrons. The van der Waals surface area contributed by atoms with Gasteiger partial charge in [-0.25, -0.2) is 9.59 Å². The van der Waals surface area contributed by atoms with Crippen LogP contribution in [0.25, 0.3) is 22.3 Å². The number of nitrogens with one attached hydrogen (secondary N) is 6. The number of hydrogen-bond acceptors (Lipinski definition) is 16. The molecular weight excluding hydrogens is 1080 g/mol. The zero-order valence-electron chi connectivity index (χ0n) is 47.3. The summed E-state index contributed by atoms with van der Waals surface area (Å²) in [6.45, 7) is 9.46. The average molecular weight is 1140 g/mol. The van der Waals surface area contributed by atoms with E-state index >= 15 is 0 Å². The molecule has 0 heterocycles. The van der Waals surface area contributed by atoms with E-state index in [1.807, 2.05) is 97.1 Å². The molecule has 0 aliphatic heterocycles. The minimum atomic E-state index is -1.43. The molecule has 0 saturated heterocycles. The highest BCUT2D eigenvalue weighted by Crippen LogP contribution is 2.46. The first-order valence-corrected chi connectivity index (χ1v) is 27.6. The van der Waals surface area contributed by atoms with Crippen LogP contribution in [-0.4, -0.2) is 120 Å². The number of carbonyl (C=O) groups excluding carboxylic acids is 8. The number of alkyl carbamates (subject to hydrolysis) is 2. The molecule has 8 N–H and O–H groups in total. The van der Waals surface area contributed by atoms with Gasteiger partial charge in [0.05, 0.1) is 35.1 Å². The highest BCUT2D eigenvalue weighted by atomic mass is 16.6. The van der Waals surface area contributed by atoms with Crippen LogP contribution in [0.3, 0.4) is 0 Å². The second kappa shape index (κ2) is 24.8. The fourth-order valence-corrected chi connectivity index (χ4v) is 10.8. The maximum absolute atomic E-state index is 14.4. The number of ether oxygens (including phenoxy) is 4. The molecule has 0 unspecified atom stereocenters. The summed E-state index contributed by atoms with van der Waals surface area (Å²) >= 11 is 0. The number of phenolic OH excluding ortho intramolecular Hbond substituents is 2. The highest BCUT2D eigenvalue weighted by molar-refractivity contribution is 6.33. The van der Waals surface area contributed by atoms with Crippen LogP contribution in [0.5, 0.6) is 11.5 Å². The van der Waals surface area contributed by atoms with Crippen molar-refractivity contribution in [1.82, 2.24) is 21.3 Å². The normalized spacial score (nSPS) is 13.7. The number of rotatable bonds is 20. The topological polar surface area (TPSA) is 286 Å². The molecule has 436 valence electrons. The molecule has 20 heteroatoms. The van der Waals surface area contributed by atoms with Crippen molar-refractivity contribution in [2.24, 2.45) is 0 Å². The molecule has 4 amide bonds. The Labute approximate surface area is 485 Å². The van der Waals surface area contributed by atoms with Crippen molar-refractivity contribution in [2.45, 2.75) is 89.5 Å². The van der Waals surface area contributed by atoms with Crippen LogP contribution in [0.1, 0.15) is 120 Å². The molecule has 0 aromatic heterocycles. The van der Waals surface area contributed by atoms with Gasteiger partial charge in [-0.3, -0.25) is 28.8 Å². The number of esters is 2. The van der Waals surface area contributed by atoms with E-state index in [0.717, 1.165) is 56.6 Å². The third kappa shape index (κ3) is 13.3. The lowest BCUT2D eigenvalue weighted by Gasteiger charge is -2.25. The monoisotopic (exact) mass is 1140 g/mol. The number of benzene rings is 6. The molecular formula is C64H66N6O14. The lowest BCUT2D eigenvalue weighted by molar-refractivity contribution is -0.157. The van der Waals surface area contributed by atoms with Gasteiger partial charge < -0.3 is 61.1 Å². The van der Waals surface area contributed by atoms with Crippen molar-refractivity contribution in [3.8, 4) is 33.8 Å². The third-order valence-corrected chi connectivity index (χ3v) is 14.2. The summed E-state index contributed by atoms with van der Waals surface area (Å²) in [6.07, 6.45) is -2.96. The smallest absolute Gasteiger partial charge is 0.407 e. The van der Waals surface area contributed by atoms with E-state index in [2.05, 4.69) is 31.9 Å². The van der Waals surface area contributed by atoms with Gasteiger partial charge in [0.15, 0.2) is 0 Å². The predicted octanol–water partition coefficient (Wildman–Crippen LogP) is 8.21. The van der Waals surface area contributed by atoms with Gasteiger partial charge in [0.25, 0.3) is 0 Å². The molecule has 0 bridgehead atoms. The largest absolute Gasteiger partial charge is 0.507 e. The summed E-state index contributed by atoms with van der Waals surface area (Å²) in [4.78, 5) is 109. The zero-order valence-corrected chi connectivity index (χ0v) is 47.3. The molecule has 0 spiro atoms. The minimum Gasteiger partial charge on any atom is -0.507 e. The van der Waals surface area contributed by atoms with Crippen LogP contribution < -0.4 is 31.9 Å². The first-order chi connectivity index (χ1) is 40.1. The van der Waals surface area contributed by atoms with Gasteiger partial charge >= 0.3 is 24.1 Å².